The Morgan fingerprint density at radius 1 is 1.42 bits per heavy atom. The van der Waals surface area contributed by atoms with E-state index in [9.17, 15) is 9.18 Å². The molecule has 1 aromatic rings. The number of piperidine rings is 1. The number of amides is 1. The van der Waals surface area contributed by atoms with Crippen molar-refractivity contribution in [3.05, 3.63) is 35.6 Å². The van der Waals surface area contributed by atoms with E-state index in [2.05, 4.69) is 10.6 Å². The highest BCUT2D eigenvalue weighted by atomic mass is 35.5. The average Bonchev–Trinajstić information content (AvgIpc) is 2.40. The van der Waals surface area contributed by atoms with E-state index in [1.54, 1.807) is 6.07 Å². The lowest BCUT2D eigenvalue weighted by molar-refractivity contribution is -0.123. The largest absolute Gasteiger partial charge is 0.354 e. The first-order chi connectivity index (χ1) is 8.75. The number of carbonyl (C=O) groups is 1. The van der Waals surface area contributed by atoms with Gasteiger partial charge in [0.05, 0.1) is 6.04 Å². The van der Waals surface area contributed by atoms with Crippen molar-refractivity contribution in [2.45, 2.75) is 31.7 Å². The zero-order valence-corrected chi connectivity index (χ0v) is 11.6. The van der Waals surface area contributed by atoms with Crippen LogP contribution in [0.1, 0.15) is 24.8 Å². The monoisotopic (exact) mass is 286 g/mol. The lowest BCUT2D eigenvalue weighted by atomic mass is 10.0. The molecule has 1 atom stereocenters. The summed E-state index contributed by atoms with van der Waals surface area (Å²) < 4.78 is 12.9. The zero-order chi connectivity index (χ0) is 12.8. The number of hydrogen-bond acceptors (Lipinski definition) is 2. The Bertz CT molecular complexity index is 408. The maximum Gasteiger partial charge on any atom is 0.237 e. The number of carbonyl (C=O) groups excluding carboxylic acids is 1. The molecule has 1 amide bonds. The molecule has 1 heterocycles. The lowest BCUT2D eigenvalue weighted by Gasteiger charge is -2.22. The van der Waals surface area contributed by atoms with Crippen molar-refractivity contribution in [2.75, 3.05) is 13.1 Å². The first kappa shape index (κ1) is 15.9. The second-order valence-corrected chi connectivity index (χ2v) is 4.67. The fraction of sp³-hybridized carbons (Fsp3) is 0.500. The fourth-order valence-corrected chi connectivity index (χ4v) is 2.22. The summed E-state index contributed by atoms with van der Waals surface area (Å²) in [6.07, 6.45) is 3.82. The van der Waals surface area contributed by atoms with Crippen LogP contribution in [-0.2, 0) is 11.2 Å². The third-order valence-corrected chi connectivity index (χ3v) is 3.23. The van der Waals surface area contributed by atoms with Crippen LogP contribution in [0, 0.1) is 5.82 Å². The molecule has 1 saturated heterocycles. The maximum absolute atomic E-state index is 12.9. The molecule has 2 N–H and O–H groups in total. The van der Waals surface area contributed by atoms with Crippen LogP contribution < -0.4 is 10.6 Å². The van der Waals surface area contributed by atoms with E-state index in [4.69, 9.17) is 0 Å². The van der Waals surface area contributed by atoms with Gasteiger partial charge in [-0.25, -0.2) is 4.39 Å². The number of benzene rings is 1. The Kier molecular flexibility index (Phi) is 6.81. The Hall–Kier alpha value is -1.13. The summed E-state index contributed by atoms with van der Waals surface area (Å²) in [5.41, 5.74) is 0.909. The molecule has 1 aliphatic heterocycles. The van der Waals surface area contributed by atoms with Gasteiger partial charge in [0.15, 0.2) is 0 Å². The molecule has 1 aliphatic rings. The molecule has 0 unspecified atom stereocenters. The normalized spacial score (nSPS) is 18.5. The number of hydrogen-bond donors (Lipinski definition) is 2. The summed E-state index contributed by atoms with van der Waals surface area (Å²) in [6, 6.07) is 6.44. The molecule has 0 aromatic heterocycles. The van der Waals surface area contributed by atoms with Crippen LogP contribution >= 0.6 is 12.4 Å². The molecule has 0 bridgehead atoms. The Morgan fingerprint density at radius 2 is 2.26 bits per heavy atom. The molecule has 0 aliphatic carbocycles. The van der Waals surface area contributed by atoms with Crippen LogP contribution in [0.25, 0.3) is 0 Å². The first-order valence-corrected chi connectivity index (χ1v) is 6.51. The molecule has 106 valence electrons. The summed E-state index contributed by atoms with van der Waals surface area (Å²) in [6.45, 7) is 1.47. The van der Waals surface area contributed by atoms with E-state index in [0.29, 0.717) is 13.0 Å². The van der Waals surface area contributed by atoms with Crippen LogP contribution in [0.5, 0.6) is 0 Å². The minimum atomic E-state index is -0.229. The van der Waals surface area contributed by atoms with E-state index in [1.807, 2.05) is 6.07 Å². The highest BCUT2D eigenvalue weighted by molar-refractivity contribution is 5.85. The molecule has 0 spiro atoms. The Balaban J connectivity index is 0.00000180. The lowest BCUT2D eigenvalue weighted by Crippen LogP contribution is -2.47. The number of halogens is 2. The van der Waals surface area contributed by atoms with Crippen molar-refractivity contribution in [1.82, 2.24) is 10.6 Å². The maximum atomic E-state index is 12.9. The summed E-state index contributed by atoms with van der Waals surface area (Å²) in [5, 5.41) is 6.10. The van der Waals surface area contributed by atoms with E-state index in [0.717, 1.165) is 31.4 Å². The van der Waals surface area contributed by atoms with Crippen LogP contribution in [0.4, 0.5) is 4.39 Å². The summed E-state index contributed by atoms with van der Waals surface area (Å²) in [5.74, 6) is -0.168. The van der Waals surface area contributed by atoms with Crippen molar-refractivity contribution < 1.29 is 9.18 Å². The third-order valence-electron chi connectivity index (χ3n) is 3.23. The summed E-state index contributed by atoms with van der Waals surface area (Å²) >= 11 is 0. The molecule has 19 heavy (non-hydrogen) atoms. The molecule has 0 radical (unpaired) electrons. The van der Waals surface area contributed by atoms with Gasteiger partial charge in [-0.05, 0) is 43.5 Å². The third kappa shape index (κ3) is 5.17. The van der Waals surface area contributed by atoms with Gasteiger partial charge < -0.3 is 10.6 Å². The van der Waals surface area contributed by atoms with Crippen molar-refractivity contribution in [1.29, 1.82) is 0 Å². The van der Waals surface area contributed by atoms with Gasteiger partial charge in [-0.2, -0.15) is 0 Å². The van der Waals surface area contributed by atoms with E-state index in [1.165, 1.54) is 12.1 Å². The molecule has 0 saturated carbocycles. The molecule has 2 rings (SSSR count). The minimum absolute atomic E-state index is 0. The molecular weight excluding hydrogens is 267 g/mol. The standard InChI is InChI=1S/C14H19FN2O.ClH/c15-12-5-3-4-11(10-12)7-9-17-14(18)13-6-1-2-8-16-13;/h3-5,10,13,16H,1-2,6-9H2,(H,17,18);1H/t13-;/m1./s1. The average molecular weight is 287 g/mol. The smallest absolute Gasteiger partial charge is 0.237 e. The van der Waals surface area contributed by atoms with Gasteiger partial charge in [-0.1, -0.05) is 18.6 Å². The minimum Gasteiger partial charge on any atom is -0.354 e. The SMILES string of the molecule is Cl.O=C(NCCc1cccc(F)c1)[C@H]1CCCCN1. The summed E-state index contributed by atoms with van der Waals surface area (Å²) in [7, 11) is 0. The molecule has 3 nitrogen and oxygen atoms in total. The highest BCUT2D eigenvalue weighted by Gasteiger charge is 2.19. The zero-order valence-electron chi connectivity index (χ0n) is 10.8. The number of rotatable bonds is 4. The first-order valence-electron chi connectivity index (χ1n) is 6.51. The van der Waals surface area contributed by atoms with Gasteiger partial charge in [-0.15, -0.1) is 12.4 Å². The van der Waals surface area contributed by atoms with Gasteiger partial charge >= 0.3 is 0 Å². The highest BCUT2D eigenvalue weighted by Crippen LogP contribution is 2.07. The van der Waals surface area contributed by atoms with Crippen LogP contribution in [0.3, 0.4) is 0 Å². The van der Waals surface area contributed by atoms with Crippen molar-refractivity contribution in [3.63, 3.8) is 0 Å². The topological polar surface area (TPSA) is 41.1 Å². The second-order valence-electron chi connectivity index (χ2n) is 4.67. The Labute approximate surface area is 119 Å². The van der Waals surface area contributed by atoms with E-state index < -0.39 is 0 Å². The van der Waals surface area contributed by atoms with Gasteiger partial charge in [0.2, 0.25) is 5.91 Å². The predicted molar refractivity (Wildman–Crippen MR) is 76.0 cm³/mol. The van der Waals surface area contributed by atoms with Crippen molar-refractivity contribution in [2.24, 2.45) is 0 Å². The molecule has 1 fully saturated rings. The van der Waals surface area contributed by atoms with Crippen LogP contribution in [0.2, 0.25) is 0 Å². The van der Waals surface area contributed by atoms with E-state index >= 15 is 0 Å². The predicted octanol–water partition coefficient (Wildman–Crippen LogP) is 2.05. The number of nitrogens with one attached hydrogen (secondary N) is 2. The Morgan fingerprint density at radius 3 is 2.95 bits per heavy atom. The summed E-state index contributed by atoms with van der Waals surface area (Å²) in [4.78, 5) is 11.8. The van der Waals surface area contributed by atoms with Crippen LogP contribution in [0.15, 0.2) is 24.3 Å². The van der Waals surface area contributed by atoms with Gasteiger partial charge in [0.1, 0.15) is 5.82 Å². The molecule has 5 heteroatoms. The molecular formula is C14H20ClFN2O. The van der Waals surface area contributed by atoms with Gasteiger partial charge in [0.25, 0.3) is 0 Å². The van der Waals surface area contributed by atoms with Gasteiger partial charge in [-0.3, -0.25) is 4.79 Å². The van der Waals surface area contributed by atoms with Crippen LogP contribution in [-0.4, -0.2) is 25.0 Å². The fourth-order valence-electron chi connectivity index (χ4n) is 2.22. The second kappa shape index (κ2) is 8.12. The van der Waals surface area contributed by atoms with Gasteiger partial charge in [0, 0.05) is 6.54 Å². The quantitative estimate of drug-likeness (QED) is 0.889. The van der Waals surface area contributed by atoms with E-state index in [-0.39, 0.29) is 30.2 Å². The molecule has 1 aromatic carbocycles. The van der Waals surface area contributed by atoms with Crippen molar-refractivity contribution in [3.8, 4) is 0 Å². The van der Waals surface area contributed by atoms with Crippen molar-refractivity contribution >= 4 is 18.3 Å².